The summed E-state index contributed by atoms with van der Waals surface area (Å²) in [4.78, 5) is 4.13. The molecule has 0 unspecified atom stereocenters. The van der Waals surface area contributed by atoms with Crippen molar-refractivity contribution < 1.29 is 8.42 Å². The summed E-state index contributed by atoms with van der Waals surface area (Å²) < 4.78 is 25.4. The van der Waals surface area contributed by atoms with Gasteiger partial charge in [-0.25, -0.2) is 13.4 Å². The number of rotatable bonds is 6. The van der Waals surface area contributed by atoms with Crippen LogP contribution in [-0.2, 0) is 10.0 Å². The molecule has 0 radical (unpaired) electrons. The first-order valence-electron chi connectivity index (χ1n) is 7.24. The van der Waals surface area contributed by atoms with Gasteiger partial charge in [0.05, 0.1) is 17.6 Å². The Balaban J connectivity index is 2.16. The number of sulfonamides is 1. The average molecular weight is 319 g/mol. The zero-order valence-electron chi connectivity index (χ0n) is 13.0. The van der Waals surface area contributed by atoms with E-state index in [1.54, 1.807) is 25.3 Å². The van der Waals surface area contributed by atoms with Gasteiger partial charge in [0.2, 0.25) is 10.0 Å². The molecule has 0 aliphatic heterocycles. The van der Waals surface area contributed by atoms with Crippen molar-refractivity contribution in [2.24, 2.45) is 0 Å². The summed E-state index contributed by atoms with van der Waals surface area (Å²) in [5.74, 6) is 0.757. The van der Waals surface area contributed by atoms with E-state index in [9.17, 15) is 8.42 Å². The normalized spacial score (nSPS) is 11.5. The summed E-state index contributed by atoms with van der Waals surface area (Å²) in [5.41, 5.74) is 3.06. The first-order chi connectivity index (χ1) is 10.4. The summed E-state index contributed by atoms with van der Waals surface area (Å²) in [7, 11) is -3.30. The Morgan fingerprint density at radius 3 is 2.45 bits per heavy atom. The minimum atomic E-state index is -3.30. The minimum Gasteiger partial charge on any atom is -0.354 e. The van der Waals surface area contributed by atoms with Crippen molar-refractivity contribution in [1.29, 1.82) is 0 Å². The molecule has 1 heterocycles. The van der Waals surface area contributed by atoms with E-state index in [1.165, 1.54) is 5.56 Å². The number of benzene rings is 1. The molecule has 0 spiro atoms. The highest BCUT2D eigenvalue weighted by atomic mass is 32.2. The van der Waals surface area contributed by atoms with Gasteiger partial charge in [-0.15, -0.1) is 0 Å². The molecular weight excluding hydrogens is 298 g/mol. The third-order valence-electron chi connectivity index (χ3n) is 3.27. The summed E-state index contributed by atoms with van der Waals surface area (Å²) in [6.07, 6.45) is 1.62. The van der Waals surface area contributed by atoms with Crippen LogP contribution in [0, 0.1) is 0 Å². The molecule has 0 fully saturated rings. The molecule has 0 aliphatic rings. The maximum Gasteiger partial charge on any atom is 0.233 e. The number of nitrogens with one attached hydrogen (secondary N) is 2. The van der Waals surface area contributed by atoms with Crippen molar-refractivity contribution in [3.63, 3.8) is 0 Å². The second kappa shape index (κ2) is 6.79. The fraction of sp³-hybridized carbons (Fsp3) is 0.312. The highest BCUT2D eigenvalue weighted by Gasteiger charge is 2.08. The Hall–Kier alpha value is -2.08. The van der Waals surface area contributed by atoms with Crippen LogP contribution >= 0.6 is 0 Å². The molecule has 2 N–H and O–H groups in total. The van der Waals surface area contributed by atoms with Crippen LogP contribution in [0.3, 0.4) is 0 Å². The van der Waals surface area contributed by atoms with Gasteiger partial charge in [0.15, 0.2) is 0 Å². The summed E-state index contributed by atoms with van der Waals surface area (Å²) in [5, 5.41) is 3.32. The lowest BCUT2D eigenvalue weighted by Crippen LogP contribution is -2.15. The zero-order chi connectivity index (χ0) is 16.2. The van der Waals surface area contributed by atoms with Crippen molar-refractivity contribution in [2.45, 2.75) is 26.7 Å². The number of pyridine rings is 1. The van der Waals surface area contributed by atoms with Crippen LogP contribution in [0.15, 0.2) is 42.6 Å². The van der Waals surface area contributed by atoms with Crippen molar-refractivity contribution in [3.05, 3.63) is 48.2 Å². The van der Waals surface area contributed by atoms with E-state index < -0.39 is 10.0 Å². The number of nitrogens with zero attached hydrogens (tertiary/aromatic N) is 1. The van der Waals surface area contributed by atoms with E-state index in [4.69, 9.17) is 0 Å². The number of para-hydroxylation sites is 1. The molecule has 0 saturated carbocycles. The molecule has 118 valence electrons. The standard InChI is InChI=1S/C16H21N3O2S/c1-4-22(20,21)19-16-10-9-13(11-17-16)18-15-8-6-5-7-14(15)12(2)3/h5-12,18H,4H2,1-3H3,(H,17,19). The molecule has 0 saturated heterocycles. The van der Waals surface area contributed by atoms with Crippen LogP contribution in [0.25, 0.3) is 0 Å². The smallest absolute Gasteiger partial charge is 0.233 e. The van der Waals surface area contributed by atoms with E-state index in [1.807, 2.05) is 18.2 Å². The lowest BCUT2D eigenvalue weighted by Gasteiger charge is -2.14. The molecule has 2 aromatic rings. The Kier molecular flexibility index (Phi) is 5.03. The fourth-order valence-corrected chi connectivity index (χ4v) is 2.61. The largest absolute Gasteiger partial charge is 0.354 e. The second-order valence-corrected chi connectivity index (χ2v) is 7.32. The minimum absolute atomic E-state index is 0.0243. The summed E-state index contributed by atoms with van der Waals surface area (Å²) >= 11 is 0. The second-order valence-electron chi connectivity index (χ2n) is 5.30. The Labute approximate surface area is 131 Å². The quantitative estimate of drug-likeness (QED) is 0.851. The van der Waals surface area contributed by atoms with Crippen LogP contribution in [0.5, 0.6) is 0 Å². The third kappa shape index (κ3) is 4.21. The molecule has 1 aromatic heterocycles. The summed E-state index contributed by atoms with van der Waals surface area (Å²) in [6.45, 7) is 5.86. The Bertz CT molecular complexity index is 725. The zero-order valence-corrected chi connectivity index (χ0v) is 13.8. The Morgan fingerprint density at radius 2 is 1.86 bits per heavy atom. The predicted molar refractivity (Wildman–Crippen MR) is 91.1 cm³/mol. The molecule has 0 bridgehead atoms. The first kappa shape index (κ1) is 16.3. The van der Waals surface area contributed by atoms with Gasteiger partial charge in [0, 0.05) is 5.69 Å². The molecular formula is C16H21N3O2S. The number of anilines is 3. The number of hydrogen-bond donors (Lipinski definition) is 2. The van der Waals surface area contributed by atoms with Gasteiger partial charge in [-0.2, -0.15) is 0 Å². The van der Waals surface area contributed by atoms with Crippen LogP contribution in [0.1, 0.15) is 32.3 Å². The van der Waals surface area contributed by atoms with E-state index in [0.717, 1.165) is 11.4 Å². The van der Waals surface area contributed by atoms with Crippen molar-refractivity contribution in [1.82, 2.24) is 4.98 Å². The lowest BCUT2D eigenvalue weighted by atomic mass is 10.0. The fourth-order valence-electron chi connectivity index (χ4n) is 2.03. The topological polar surface area (TPSA) is 71.1 Å². The van der Waals surface area contributed by atoms with Gasteiger partial charge in [0.25, 0.3) is 0 Å². The monoisotopic (exact) mass is 319 g/mol. The maximum absolute atomic E-state index is 11.5. The molecule has 1 aromatic carbocycles. The van der Waals surface area contributed by atoms with Gasteiger partial charge in [-0.3, -0.25) is 4.72 Å². The highest BCUT2D eigenvalue weighted by molar-refractivity contribution is 7.92. The van der Waals surface area contributed by atoms with Crippen LogP contribution in [0.2, 0.25) is 0 Å². The van der Waals surface area contributed by atoms with E-state index in [2.05, 4.69) is 34.9 Å². The maximum atomic E-state index is 11.5. The average Bonchev–Trinajstić information content (AvgIpc) is 2.49. The van der Waals surface area contributed by atoms with E-state index >= 15 is 0 Å². The third-order valence-corrected chi connectivity index (χ3v) is 4.55. The molecule has 22 heavy (non-hydrogen) atoms. The number of hydrogen-bond acceptors (Lipinski definition) is 4. The molecule has 2 rings (SSSR count). The molecule has 0 amide bonds. The SMILES string of the molecule is CCS(=O)(=O)Nc1ccc(Nc2ccccc2C(C)C)cn1. The first-order valence-corrected chi connectivity index (χ1v) is 8.89. The predicted octanol–water partition coefficient (Wildman–Crippen LogP) is 3.71. The van der Waals surface area contributed by atoms with Gasteiger partial charge < -0.3 is 5.32 Å². The lowest BCUT2D eigenvalue weighted by molar-refractivity contribution is 0.602. The molecule has 0 atom stereocenters. The van der Waals surface area contributed by atoms with Crippen LogP contribution < -0.4 is 10.0 Å². The van der Waals surface area contributed by atoms with Crippen molar-refractivity contribution >= 4 is 27.2 Å². The summed E-state index contributed by atoms with van der Waals surface area (Å²) in [6, 6.07) is 11.5. The molecule has 0 aliphatic carbocycles. The molecule has 6 heteroatoms. The van der Waals surface area contributed by atoms with Gasteiger partial charge >= 0.3 is 0 Å². The van der Waals surface area contributed by atoms with Crippen molar-refractivity contribution in [3.8, 4) is 0 Å². The molecule has 5 nitrogen and oxygen atoms in total. The van der Waals surface area contributed by atoms with Gasteiger partial charge in [-0.05, 0) is 36.6 Å². The van der Waals surface area contributed by atoms with Crippen LogP contribution in [0.4, 0.5) is 17.2 Å². The van der Waals surface area contributed by atoms with Crippen LogP contribution in [-0.4, -0.2) is 19.2 Å². The highest BCUT2D eigenvalue weighted by Crippen LogP contribution is 2.26. The van der Waals surface area contributed by atoms with Gasteiger partial charge in [0.1, 0.15) is 5.82 Å². The van der Waals surface area contributed by atoms with E-state index in [0.29, 0.717) is 11.7 Å². The van der Waals surface area contributed by atoms with E-state index in [-0.39, 0.29) is 5.75 Å². The van der Waals surface area contributed by atoms with Gasteiger partial charge in [-0.1, -0.05) is 32.0 Å². The Morgan fingerprint density at radius 1 is 1.14 bits per heavy atom. The number of aromatic nitrogens is 1. The van der Waals surface area contributed by atoms with Crippen molar-refractivity contribution in [2.75, 3.05) is 15.8 Å².